The van der Waals surface area contributed by atoms with Crippen molar-refractivity contribution in [3.8, 4) is 5.75 Å². The number of benzene rings is 2. The highest BCUT2D eigenvalue weighted by Gasteiger charge is 2.27. The molecule has 0 radical (unpaired) electrons. The molecule has 0 saturated carbocycles. The molecule has 2 aromatic carbocycles. The molecule has 0 fully saturated rings. The zero-order chi connectivity index (χ0) is 28.1. The second-order valence-corrected chi connectivity index (χ2v) is 9.52. The van der Waals surface area contributed by atoms with Gasteiger partial charge in [0, 0.05) is 45.9 Å². The average Bonchev–Trinajstić information content (AvgIpc) is 3.03. The van der Waals surface area contributed by atoms with E-state index >= 15 is 0 Å². The van der Waals surface area contributed by atoms with Crippen molar-refractivity contribution >= 4 is 40.4 Å². The molecule has 1 aliphatic heterocycles. The summed E-state index contributed by atoms with van der Waals surface area (Å²) in [5.74, 6) is 1.03. The molecule has 0 saturated heterocycles. The number of carbonyl (C=O) groups excluding carboxylic acids is 2. The van der Waals surface area contributed by atoms with Crippen LogP contribution in [0.15, 0.2) is 54.7 Å². The van der Waals surface area contributed by atoms with E-state index in [-0.39, 0.29) is 11.8 Å². The topological polar surface area (TPSA) is 81.2 Å². The molecule has 1 aromatic heterocycles. The molecule has 0 bridgehead atoms. The van der Waals surface area contributed by atoms with E-state index in [1.807, 2.05) is 62.3 Å². The van der Waals surface area contributed by atoms with Crippen molar-refractivity contribution < 1.29 is 14.3 Å². The monoisotopic (exact) mass is 530 g/mol. The first-order chi connectivity index (χ1) is 18.8. The van der Waals surface area contributed by atoms with Gasteiger partial charge in [-0.3, -0.25) is 9.59 Å². The van der Waals surface area contributed by atoms with Crippen molar-refractivity contribution in [2.24, 2.45) is 0 Å². The van der Waals surface area contributed by atoms with E-state index in [0.717, 1.165) is 31.0 Å². The number of anilines is 5. The zero-order valence-corrected chi connectivity index (χ0v) is 23.7. The normalized spacial score (nSPS) is 12.6. The summed E-state index contributed by atoms with van der Waals surface area (Å²) >= 11 is 0. The summed E-state index contributed by atoms with van der Waals surface area (Å²) < 4.78 is 5.91. The third-order valence-electron chi connectivity index (χ3n) is 7.17. The molecule has 1 N–H and O–H groups in total. The predicted octanol–water partition coefficient (Wildman–Crippen LogP) is 5.00. The van der Waals surface area contributed by atoms with E-state index in [9.17, 15) is 9.59 Å². The first-order valence-corrected chi connectivity index (χ1v) is 13.4. The molecule has 2 heterocycles. The van der Waals surface area contributed by atoms with Crippen molar-refractivity contribution in [1.82, 2.24) is 14.8 Å². The summed E-state index contributed by atoms with van der Waals surface area (Å²) in [7, 11) is 5.53. The number of likely N-dealkylation sites (N-methyl/N-ethyl adjacent to an activating group) is 2. The van der Waals surface area contributed by atoms with Crippen molar-refractivity contribution in [3.63, 3.8) is 0 Å². The fraction of sp³-hybridized carbons (Fsp3) is 0.367. The number of ether oxygens (including phenoxy) is 1. The fourth-order valence-corrected chi connectivity index (χ4v) is 4.72. The Kier molecular flexibility index (Phi) is 8.71. The first-order valence-electron chi connectivity index (χ1n) is 13.4. The minimum Gasteiger partial charge on any atom is -0.492 e. The minimum absolute atomic E-state index is 0.0502. The Morgan fingerprint density at radius 3 is 2.41 bits per heavy atom. The summed E-state index contributed by atoms with van der Waals surface area (Å²) in [4.78, 5) is 38.5. The summed E-state index contributed by atoms with van der Waals surface area (Å²) in [5.41, 5.74) is 4.28. The molecule has 0 spiro atoms. The summed E-state index contributed by atoms with van der Waals surface area (Å²) in [6, 6.07) is 14.9. The number of fused-ring (bicyclic) bond motifs is 2. The third-order valence-corrected chi connectivity index (χ3v) is 7.17. The van der Waals surface area contributed by atoms with Crippen molar-refractivity contribution in [3.05, 3.63) is 65.9 Å². The molecule has 9 heteroatoms. The van der Waals surface area contributed by atoms with Crippen LogP contribution in [0.2, 0.25) is 0 Å². The van der Waals surface area contributed by atoms with Gasteiger partial charge in [-0.15, -0.1) is 0 Å². The van der Waals surface area contributed by atoms with Gasteiger partial charge >= 0.3 is 0 Å². The second-order valence-electron chi connectivity index (χ2n) is 9.52. The largest absolute Gasteiger partial charge is 0.492 e. The maximum absolute atomic E-state index is 13.1. The fourth-order valence-electron chi connectivity index (χ4n) is 4.72. The smallest absolute Gasteiger partial charge is 0.260 e. The number of hydrogen-bond donors (Lipinski definition) is 1. The molecular formula is C30H38N6O3. The van der Waals surface area contributed by atoms with Gasteiger partial charge in [0.15, 0.2) is 0 Å². The van der Waals surface area contributed by atoms with Crippen LogP contribution >= 0.6 is 0 Å². The van der Waals surface area contributed by atoms with Crippen molar-refractivity contribution in [1.29, 1.82) is 0 Å². The number of rotatable bonds is 10. The van der Waals surface area contributed by atoms with E-state index in [1.54, 1.807) is 35.2 Å². The molecule has 3 aromatic rings. The van der Waals surface area contributed by atoms with Crippen LogP contribution in [0.25, 0.3) is 0 Å². The summed E-state index contributed by atoms with van der Waals surface area (Å²) in [6.45, 7) is 10.0. The third kappa shape index (κ3) is 5.83. The maximum Gasteiger partial charge on any atom is 0.260 e. The predicted molar refractivity (Wildman–Crippen MR) is 157 cm³/mol. The summed E-state index contributed by atoms with van der Waals surface area (Å²) in [5, 5.41) is 3.35. The van der Waals surface area contributed by atoms with Crippen molar-refractivity contribution in [2.45, 2.75) is 20.8 Å². The lowest BCUT2D eigenvalue weighted by atomic mass is 10.1. The minimum atomic E-state index is -0.0836. The van der Waals surface area contributed by atoms with Crippen molar-refractivity contribution in [2.75, 3.05) is 69.0 Å². The van der Waals surface area contributed by atoms with Gasteiger partial charge < -0.3 is 29.7 Å². The van der Waals surface area contributed by atoms with Gasteiger partial charge in [0.1, 0.15) is 11.6 Å². The van der Waals surface area contributed by atoms with Gasteiger partial charge in [-0.25, -0.2) is 4.98 Å². The van der Waals surface area contributed by atoms with E-state index < -0.39 is 0 Å². The van der Waals surface area contributed by atoms with Crippen LogP contribution in [0.3, 0.4) is 0 Å². The first kappa shape index (κ1) is 27.9. The van der Waals surface area contributed by atoms with E-state index in [4.69, 9.17) is 4.74 Å². The lowest BCUT2D eigenvalue weighted by molar-refractivity contribution is 0.0779. The molecule has 1 aliphatic rings. The lowest BCUT2D eigenvalue weighted by Gasteiger charge is -2.24. The van der Waals surface area contributed by atoms with E-state index in [1.165, 1.54) is 0 Å². The molecule has 2 amide bonds. The highest BCUT2D eigenvalue weighted by Crippen LogP contribution is 2.40. The van der Waals surface area contributed by atoms with Crippen LogP contribution in [0, 0.1) is 0 Å². The Hall–Kier alpha value is -4.11. The van der Waals surface area contributed by atoms with Crippen LogP contribution in [0.4, 0.5) is 28.6 Å². The Balaban J connectivity index is 1.59. The van der Waals surface area contributed by atoms with Crippen LogP contribution in [0.5, 0.6) is 5.75 Å². The maximum atomic E-state index is 13.1. The Morgan fingerprint density at radius 1 is 0.949 bits per heavy atom. The van der Waals surface area contributed by atoms with Crippen LogP contribution in [-0.4, -0.2) is 80.5 Å². The van der Waals surface area contributed by atoms with Crippen LogP contribution < -0.4 is 19.9 Å². The Labute approximate surface area is 231 Å². The lowest BCUT2D eigenvalue weighted by Crippen LogP contribution is -2.36. The quantitative estimate of drug-likeness (QED) is 0.395. The number of hydrogen-bond acceptors (Lipinski definition) is 7. The van der Waals surface area contributed by atoms with Gasteiger partial charge in [0.2, 0.25) is 0 Å². The number of amides is 2. The highest BCUT2D eigenvalue weighted by molar-refractivity contribution is 6.13. The molecule has 0 unspecified atom stereocenters. The van der Waals surface area contributed by atoms with Gasteiger partial charge in [0.25, 0.3) is 11.8 Å². The number of aromatic nitrogens is 1. The van der Waals surface area contributed by atoms with Gasteiger partial charge in [-0.1, -0.05) is 26.0 Å². The highest BCUT2D eigenvalue weighted by atomic mass is 16.5. The molecule has 39 heavy (non-hydrogen) atoms. The van der Waals surface area contributed by atoms with Gasteiger partial charge in [-0.05, 0) is 50.3 Å². The van der Waals surface area contributed by atoms with Crippen LogP contribution in [0.1, 0.15) is 41.5 Å². The molecule has 9 nitrogen and oxygen atoms in total. The number of nitrogens with one attached hydrogen (secondary N) is 1. The number of pyridine rings is 1. The Bertz CT molecular complexity index is 1340. The van der Waals surface area contributed by atoms with Gasteiger partial charge in [-0.2, -0.15) is 0 Å². The standard InChI is InChI=1S/C30H38N6O3/c1-7-36(8-2)17-16-33(4)29(37)21-14-15-23(27(18-21)39-9-3)32-28-19-25-26(20-31-28)35(6)30(38)22-12-10-11-13-24(22)34(25)5/h10-15,18-20H,7-9,16-17H2,1-6H3,(H,31,32). The number of para-hydroxylation sites is 1. The SMILES string of the molecule is CCOc1cc(C(=O)N(C)CCN(CC)CC)ccc1Nc1cc2c(cn1)N(C)C(=O)c1ccccc1N2C. The average molecular weight is 531 g/mol. The van der Waals surface area contributed by atoms with Gasteiger partial charge in [0.05, 0.1) is 41.1 Å². The molecule has 206 valence electrons. The summed E-state index contributed by atoms with van der Waals surface area (Å²) in [6.07, 6.45) is 1.70. The molecule has 0 atom stereocenters. The van der Waals surface area contributed by atoms with Crippen LogP contribution in [-0.2, 0) is 0 Å². The zero-order valence-electron chi connectivity index (χ0n) is 23.7. The van der Waals surface area contributed by atoms with E-state index in [2.05, 4.69) is 29.0 Å². The molecular weight excluding hydrogens is 492 g/mol. The second kappa shape index (κ2) is 12.2. The molecule has 0 aliphatic carbocycles. The van der Waals surface area contributed by atoms with E-state index in [0.29, 0.717) is 47.2 Å². The Morgan fingerprint density at radius 2 is 1.69 bits per heavy atom. The molecule has 4 rings (SSSR count). The number of carbonyl (C=O) groups is 2. The number of nitrogens with zero attached hydrogens (tertiary/aromatic N) is 5.